The van der Waals surface area contributed by atoms with Gasteiger partial charge < -0.3 is 16.2 Å². The van der Waals surface area contributed by atoms with E-state index in [0.29, 0.717) is 12.3 Å². The molecule has 1 aliphatic heterocycles. The van der Waals surface area contributed by atoms with Gasteiger partial charge in [-0.1, -0.05) is 0 Å². The Morgan fingerprint density at radius 2 is 2.15 bits per heavy atom. The molecule has 1 fully saturated rings. The molecule has 1 heterocycles. The molecule has 4 nitrogen and oxygen atoms in total. The van der Waals surface area contributed by atoms with Crippen LogP contribution in [0.15, 0.2) is 0 Å². The number of hydrogen-bond donors (Lipinski definition) is 3. The van der Waals surface area contributed by atoms with Gasteiger partial charge in [0.25, 0.3) is 0 Å². The molecule has 13 heavy (non-hydrogen) atoms. The number of aliphatic carboxylic acids is 1. The van der Waals surface area contributed by atoms with E-state index in [1.165, 1.54) is 0 Å². The van der Waals surface area contributed by atoms with E-state index in [0.717, 1.165) is 32.4 Å². The molecule has 4 heteroatoms. The lowest BCUT2D eigenvalue weighted by atomic mass is 9.91. The van der Waals surface area contributed by atoms with Gasteiger partial charge >= 0.3 is 5.97 Å². The second kappa shape index (κ2) is 5.19. The van der Waals surface area contributed by atoms with E-state index in [9.17, 15) is 4.79 Å². The maximum absolute atomic E-state index is 10.4. The number of rotatable bonds is 4. The van der Waals surface area contributed by atoms with Crippen molar-refractivity contribution in [2.45, 2.75) is 31.7 Å². The van der Waals surface area contributed by atoms with Gasteiger partial charge in [-0.3, -0.25) is 4.79 Å². The Balaban J connectivity index is 2.13. The second-order valence-electron chi connectivity index (χ2n) is 3.72. The van der Waals surface area contributed by atoms with Gasteiger partial charge in [-0.05, 0) is 44.7 Å². The van der Waals surface area contributed by atoms with E-state index in [1.54, 1.807) is 0 Å². The molecule has 0 aromatic rings. The number of nitrogens with one attached hydrogen (secondary N) is 1. The summed E-state index contributed by atoms with van der Waals surface area (Å²) in [5.41, 5.74) is 5.42. The fourth-order valence-electron chi connectivity index (χ4n) is 1.71. The summed E-state index contributed by atoms with van der Waals surface area (Å²) in [5, 5.41) is 11.9. The fraction of sp³-hybridized carbons (Fsp3) is 0.889. The maximum Gasteiger partial charge on any atom is 0.320 e. The summed E-state index contributed by atoms with van der Waals surface area (Å²) in [7, 11) is 0. The lowest BCUT2D eigenvalue weighted by molar-refractivity contribution is -0.138. The summed E-state index contributed by atoms with van der Waals surface area (Å²) in [6, 6.07) is -0.671. The molecular formula is C9H18N2O2. The SMILES string of the molecule is N[C@@H](CCC1CCNCC1)C(=O)O. The van der Waals surface area contributed by atoms with Gasteiger partial charge in [-0.25, -0.2) is 0 Å². The standard InChI is InChI=1S/C9H18N2O2/c10-8(9(12)13)2-1-7-3-5-11-6-4-7/h7-8,11H,1-6,10H2,(H,12,13)/t8-/m0/s1. The molecule has 4 N–H and O–H groups in total. The zero-order chi connectivity index (χ0) is 9.68. The Bertz CT molecular complexity index is 167. The van der Waals surface area contributed by atoms with Crippen molar-refractivity contribution in [2.24, 2.45) is 11.7 Å². The Labute approximate surface area is 78.5 Å². The molecule has 0 radical (unpaired) electrons. The van der Waals surface area contributed by atoms with E-state index in [4.69, 9.17) is 10.8 Å². The van der Waals surface area contributed by atoms with Crippen LogP contribution in [0.1, 0.15) is 25.7 Å². The largest absolute Gasteiger partial charge is 0.480 e. The third-order valence-electron chi connectivity index (χ3n) is 2.66. The molecule has 1 atom stereocenters. The van der Waals surface area contributed by atoms with Gasteiger partial charge in [0.05, 0.1) is 0 Å². The molecule has 0 aliphatic carbocycles. The van der Waals surface area contributed by atoms with Gasteiger partial charge in [0.1, 0.15) is 6.04 Å². The number of piperidine rings is 1. The highest BCUT2D eigenvalue weighted by Crippen LogP contribution is 2.18. The predicted molar refractivity (Wildman–Crippen MR) is 50.4 cm³/mol. The van der Waals surface area contributed by atoms with Gasteiger partial charge in [0, 0.05) is 0 Å². The summed E-state index contributed by atoms with van der Waals surface area (Å²) >= 11 is 0. The molecule has 1 aliphatic rings. The molecule has 0 amide bonds. The summed E-state index contributed by atoms with van der Waals surface area (Å²) in [6.45, 7) is 2.12. The highest BCUT2D eigenvalue weighted by atomic mass is 16.4. The number of carbonyl (C=O) groups is 1. The number of carboxylic acids is 1. The third kappa shape index (κ3) is 3.74. The van der Waals surface area contributed by atoms with Crippen LogP contribution < -0.4 is 11.1 Å². The van der Waals surface area contributed by atoms with Crippen LogP contribution in [-0.4, -0.2) is 30.2 Å². The van der Waals surface area contributed by atoms with Crippen LogP contribution in [0.2, 0.25) is 0 Å². The Kier molecular flexibility index (Phi) is 4.18. The highest BCUT2D eigenvalue weighted by molar-refractivity contribution is 5.72. The quantitative estimate of drug-likeness (QED) is 0.585. The first-order valence-electron chi connectivity index (χ1n) is 4.89. The minimum atomic E-state index is -0.881. The summed E-state index contributed by atoms with van der Waals surface area (Å²) in [6.07, 6.45) is 3.88. The van der Waals surface area contributed by atoms with Crippen LogP contribution in [0.25, 0.3) is 0 Å². The van der Waals surface area contributed by atoms with Crippen molar-refractivity contribution in [3.63, 3.8) is 0 Å². The normalized spacial score (nSPS) is 21.3. The van der Waals surface area contributed by atoms with E-state index < -0.39 is 12.0 Å². The first-order chi connectivity index (χ1) is 6.20. The van der Waals surface area contributed by atoms with Crippen molar-refractivity contribution >= 4 is 5.97 Å². The third-order valence-corrected chi connectivity index (χ3v) is 2.66. The van der Waals surface area contributed by atoms with Crippen molar-refractivity contribution < 1.29 is 9.90 Å². The van der Waals surface area contributed by atoms with Crippen molar-refractivity contribution in [1.82, 2.24) is 5.32 Å². The topological polar surface area (TPSA) is 75.3 Å². The Hall–Kier alpha value is -0.610. The van der Waals surface area contributed by atoms with Gasteiger partial charge in [-0.15, -0.1) is 0 Å². The Morgan fingerprint density at radius 3 is 2.69 bits per heavy atom. The summed E-state index contributed by atoms with van der Waals surface area (Å²) in [5.74, 6) is -0.208. The molecule has 1 saturated heterocycles. The van der Waals surface area contributed by atoms with Crippen molar-refractivity contribution in [2.75, 3.05) is 13.1 Å². The number of carboxylic acid groups (broad SMARTS) is 1. The highest BCUT2D eigenvalue weighted by Gasteiger charge is 2.17. The Morgan fingerprint density at radius 1 is 1.54 bits per heavy atom. The van der Waals surface area contributed by atoms with E-state index >= 15 is 0 Å². The predicted octanol–water partition coefficient (Wildman–Crippen LogP) is 0.178. The molecule has 0 aromatic heterocycles. The first-order valence-corrected chi connectivity index (χ1v) is 4.89. The number of hydrogen-bond acceptors (Lipinski definition) is 3. The van der Waals surface area contributed by atoms with Crippen molar-refractivity contribution in [3.05, 3.63) is 0 Å². The zero-order valence-corrected chi connectivity index (χ0v) is 7.83. The van der Waals surface area contributed by atoms with Gasteiger partial charge in [-0.2, -0.15) is 0 Å². The van der Waals surface area contributed by atoms with E-state index in [1.807, 2.05) is 0 Å². The molecule has 76 valence electrons. The minimum Gasteiger partial charge on any atom is -0.480 e. The molecule has 0 spiro atoms. The molecule has 0 unspecified atom stereocenters. The molecular weight excluding hydrogens is 168 g/mol. The first kappa shape index (κ1) is 10.5. The molecule has 1 rings (SSSR count). The minimum absolute atomic E-state index is 0.611. The molecule has 0 bridgehead atoms. The van der Waals surface area contributed by atoms with E-state index in [-0.39, 0.29) is 0 Å². The summed E-state index contributed by atoms with van der Waals surface area (Å²) < 4.78 is 0. The zero-order valence-electron chi connectivity index (χ0n) is 7.83. The average Bonchev–Trinajstić information content (AvgIpc) is 2.15. The van der Waals surface area contributed by atoms with Crippen LogP contribution >= 0.6 is 0 Å². The smallest absolute Gasteiger partial charge is 0.320 e. The second-order valence-corrected chi connectivity index (χ2v) is 3.72. The van der Waals surface area contributed by atoms with Crippen LogP contribution in [0.5, 0.6) is 0 Å². The molecule has 0 saturated carbocycles. The maximum atomic E-state index is 10.4. The van der Waals surface area contributed by atoms with Crippen LogP contribution in [-0.2, 0) is 4.79 Å². The average molecular weight is 186 g/mol. The summed E-state index contributed by atoms with van der Waals surface area (Å²) in [4.78, 5) is 10.4. The lowest BCUT2D eigenvalue weighted by Gasteiger charge is -2.22. The molecule has 0 aromatic carbocycles. The van der Waals surface area contributed by atoms with Gasteiger partial charge in [0.2, 0.25) is 0 Å². The van der Waals surface area contributed by atoms with Crippen LogP contribution in [0, 0.1) is 5.92 Å². The monoisotopic (exact) mass is 186 g/mol. The fourth-order valence-corrected chi connectivity index (χ4v) is 1.71. The van der Waals surface area contributed by atoms with Gasteiger partial charge in [0.15, 0.2) is 0 Å². The van der Waals surface area contributed by atoms with E-state index in [2.05, 4.69) is 5.32 Å². The van der Waals surface area contributed by atoms with Crippen molar-refractivity contribution in [3.8, 4) is 0 Å². The number of nitrogens with two attached hydrogens (primary N) is 1. The van der Waals surface area contributed by atoms with Crippen LogP contribution in [0.3, 0.4) is 0 Å². The van der Waals surface area contributed by atoms with Crippen LogP contribution in [0.4, 0.5) is 0 Å². The van der Waals surface area contributed by atoms with Crippen molar-refractivity contribution in [1.29, 1.82) is 0 Å². The lowest BCUT2D eigenvalue weighted by Crippen LogP contribution is -2.32.